The third kappa shape index (κ3) is 17.1. The number of rotatable bonds is 9. The number of nitrogens with zero attached hydrogens (tertiary/aromatic N) is 1. The molecule has 0 saturated carbocycles. The highest BCUT2D eigenvalue weighted by molar-refractivity contribution is 6.18. The lowest BCUT2D eigenvalue weighted by Crippen LogP contribution is -2.02. The number of allylic oxidation sites excluding steroid dienone is 6. The highest BCUT2D eigenvalue weighted by atomic mass is 16.5. The molecule has 0 unspecified atom stereocenters. The van der Waals surface area contributed by atoms with Crippen LogP contribution in [0.2, 0.25) is 0 Å². The van der Waals surface area contributed by atoms with E-state index in [1.165, 1.54) is 12.3 Å². The predicted molar refractivity (Wildman–Crippen MR) is 154 cm³/mol. The molecule has 1 aromatic rings. The molecule has 1 rings (SSSR count). The van der Waals surface area contributed by atoms with Gasteiger partial charge in [-0.2, -0.15) is 0 Å². The van der Waals surface area contributed by atoms with Crippen LogP contribution in [0.15, 0.2) is 64.9 Å². The fourth-order valence-electron chi connectivity index (χ4n) is 2.20. The van der Waals surface area contributed by atoms with Crippen molar-refractivity contribution in [2.75, 3.05) is 13.7 Å². The number of carbonyl (C=O) groups excluding carboxylic acids is 1. The molecular formula is C30H49NO4. The number of aliphatic hydroxyl groups is 1. The summed E-state index contributed by atoms with van der Waals surface area (Å²) in [6.07, 6.45) is 6.21. The largest absolute Gasteiger partial charge is 0.515 e. The van der Waals surface area contributed by atoms with Crippen molar-refractivity contribution in [3.8, 4) is 11.5 Å². The van der Waals surface area contributed by atoms with Gasteiger partial charge in [0.25, 0.3) is 0 Å². The van der Waals surface area contributed by atoms with E-state index < -0.39 is 0 Å². The zero-order valence-corrected chi connectivity index (χ0v) is 23.9. The summed E-state index contributed by atoms with van der Waals surface area (Å²) in [5.41, 5.74) is 2.78. The summed E-state index contributed by atoms with van der Waals surface area (Å²) < 4.78 is 5.17. The molecule has 0 spiro atoms. The standard InChI is InChI=1S/C22H27NO4.C4H10.2C2H6/c1-6-9-23-13-18(14-24)22(26)11-16(3)15(2)10-17(4)20-12-19(27-5)7-8-21(20)25;1-4(2)3;2*1-2/h7-8,10-14,24-25H,4,6,9H2,1-3,5H3;4H,1-3H3;2*1-2H3/b15-10+,16-11+,18-14-,23-13?;;;. The van der Waals surface area contributed by atoms with Gasteiger partial charge >= 0.3 is 0 Å². The van der Waals surface area contributed by atoms with E-state index in [-0.39, 0.29) is 17.1 Å². The first kappa shape index (κ1) is 36.5. The van der Waals surface area contributed by atoms with Crippen LogP contribution in [-0.4, -0.2) is 35.9 Å². The number of aliphatic imine (C=N–C) groups is 1. The molecule has 2 N–H and O–H groups in total. The fourth-order valence-corrected chi connectivity index (χ4v) is 2.20. The van der Waals surface area contributed by atoms with E-state index in [9.17, 15) is 15.0 Å². The van der Waals surface area contributed by atoms with Crippen molar-refractivity contribution in [1.82, 2.24) is 0 Å². The summed E-state index contributed by atoms with van der Waals surface area (Å²) in [6, 6.07) is 4.90. The minimum Gasteiger partial charge on any atom is -0.515 e. The van der Waals surface area contributed by atoms with Crippen LogP contribution in [0.3, 0.4) is 0 Å². The second-order valence-electron chi connectivity index (χ2n) is 7.78. The molecule has 5 heteroatoms. The molecule has 0 fully saturated rings. The molecule has 0 heterocycles. The second-order valence-corrected chi connectivity index (χ2v) is 7.78. The molecule has 198 valence electrons. The lowest BCUT2D eigenvalue weighted by Gasteiger charge is -2.09. The maximum Gasteiger partial charge on any atom is 0.190 e. The van der Waals surface area contributed by atoms with Crippen molar-refractivity contribution < 1.29 is 19.7 Å². The van der Waals surface area contributed by atoms with Crippen molar-refractivity contribution in [3.63, 3.8) is 0 Å². The Hall–Kier alpha value is -3.08. The first-order valence-electron chi connectivity index (χ1n) is 12.4. The average molecular weight is 488 g/mol. The molecule has 0 bridgehead atoms. The number of ketones is 1. The Morgan fingerprint density at radius 3 is 2.06 bits per heavy atom. The summed E-state index contributed by atoms with van der Waals surface area (Å²) in [5, 5.41) is 19.3. The van der Waals surface area contributed by atoms with Crippen LogP contribution in [0.25, 0.3) is 5.57 Å². The van der Waals surface area contributed by atoms with E-state index in [0.717, 1.165) is 24.2 Å². The van der Waals surface area contributed by atoms with Crippen LogP contribution in [-0.2, 0) is 4.79 Å². The highest BCUT2D eigenvalue weighted by Gasteiger charge is 2.09. The fraction of sp³-hybridized carbons (Fsp3) is 0.467. The maximum atomic E-state index is 12.3. The monoisotopic (exact) mass is 487 g/mol. The third-order valence-electron chi connectivity index (χ3n) is 3.92. The van der Waals surface area contributed by atoms with Gasteiger partial charge in [-0.25, -0.2) is 0 Å². The number of aromatic hydroxyl groups is 1. The molecule has 0 aromatic heterocycles. The number of methoxy groups -OCH3 is 1. The summed E-state index contributed by atoms with van der Waals surface area (Å²) in [7, 11) is 1.55. The minimum atomic E-state index is -0.336. The van der Waals surface area contributed by atoms with Gasteiger partial charge in [-0.05, 0) is 67.2 Å². The average Bonchev–Trinajstić information content (AvgIpc) is 2.84. The second kappa shape index (κ2) is 22.7. The predicted octanol–water partition coefficient (Wildman–Crippen LogP) is 8.51. The normalized spacial score (nSPS) is 11.5. The van der Waals surface area contributed by atoms with Crippen LogP contribution in [0.5, 0.6) is 11.5 Å². The molecular weight excluding hydrogens is 438 g/mol. The van der Waals surface area contributed by atoms with Gasteiger partial charge in [0.15, 0.2) is 5.78 Å². The number of aliphatic hydroxyl groups excluding tert-OH is 1. The Kier molecular flexibility index (Phi) is 23.7. The molecule has 0 saturated heterocycles. The number of hydrogen-bond acceptors (Lipinski definition) is 5. The lowest BCUT2D eigenvalue weighted by molar-refractivity contribution is -0.111. The number of benzene rings is 1. The van der Waals surface area contributed by atoms with Crippen molar-refractivity contribution in [3.05, 3.63) is 65.5 Å². The summed E-state index contributed by atoms with van der Waals surface area (Å²) in [5.74, 6) is 1.21. The van der Waals surface area contributed by atoms with Gasteiger partial charge in [0.05, 0.1) is 18.9 Å². The number of phenolic OH excluding ortho intramolecular Hbond substituents is 1. The number of hydrogen-bond donors (Lipinski definition) is 2. The Labute approximate surface area is 214 Å². The number of phenols is 1. The van der Waals surface area contributed by atoms with Crippen LogP contribution in [0.1, 0.15) is 81.2 Å². The Bertz CT molecular complexity index is 856. The molecule has 5 nitrogen and oxygen atoms in total. The van der Waals surface area contributed by atoms with Gasteiger partial charge in [-0.3, -0.25) is 9.79 Å². The van der Waals surface area contributed by atoms with E-state index in [1.54, 1.807) is 38.3 Å². The molecule has 0 radical (unpaired) electrons. The lowest BCUT2D eigenvalue weighted by atomic mass is 9.99. The zero-order chi connectivity index (χ0) is 28.0. The smallest absolute Gasteiger partial charge is 0.190 e. The van der Waals surface area contributed by atoms with Gasteiger partial charge in [-0.15, -0.1) is 0 Å². The van der Waals surface area contributed by atoms with Gasteiger partial charge < -0.3 is 14.9 Å². The van der Waals surface area contributed by atoms with Crippen molar-refractivity contribution in [1.29, 1.82) is 0 Å². The first-order valence-corrected chi connectivity index (χ1v) is 12.4. The topological polar surface area (TPSA) is 79.1 Å². The molecule has 1 aromatic carbocycles. The third-order valence-corrected chi connectivity index (χ3v) is 3.92. The van der Waals surface area contributed by atoms with Crippen LogP contribution < -0.4 is 4.74 Å². The van der Waals surface area contributed by atoms with Crippen molar-refractivity contribution in [2.24, 2.45) is 10.9 Å². The summed E-state index contributed by atoms with van der Waals surface area (Å²) in [4.78, 5) is 16.4. The number of carbonyl (C=O) groups is 1. The molecule has 0 aliphatic rings. The highest BCUT2D eigenvalue weighted by Crippen LogP contribution is 2.30. The van der Waals surface area contributed by atoms with Crippen LogP contribution in [0, 0.1) is 5.92 Å². The van der Waals surface area contributed by atoms with E-state index >= 15 is 0 Å². The van der Waals surface area contributed by atoms with Crippen LogP contribution >= 0.6 is 0 Å². The van der Waals surface area contributed by atoms with E-state index in [0.29, 0.717) is 29.0 Å². The first-order chi connectivity index (χ1) is 16.6. The molecule has 0 aliphatic carbocycles. The maximum absolute atomic E-state index is 12.3. The van der Waals surface area contributed by atoms with Gasteiger partial charge in [0.1, 0.15) is 11.5 Å². The molecule has 0 amide bonds. The molecule has 35 heavy (non-hydrogen) atoms. The van der Waals surface area contributed by atoms with Crippen LogP contribution in [0.4, 0.5) is 0 Å². The van der Waals surface area contributed by atoms with Gasteiger partial charge in [0, 0.05) is 18.3 Å². The van der Waals surface area contributed by atoms with E-state index in [4.69, 9.17) is 4.74 Å². The quantitative estimate of drug-likeness (QED) is 0.158. The Morgan fingerprint density at radius 1 is 1.09 bits per heavy atom. The Morgan fingerprint density at radius 2 is 1.60 bits per heavy atom. The number of ether oxygens (including phenoxy) is 1. The molecule has 0 atom stereocenters. The van der Waals surface area contributed by atoms with Crippen molar-refractivity contribution in [2.45, 2.75) is 75.7 Å². The summed E-state index contributed by atoms with van der Waals surface area (Å²) in [6.45, 7) is 24.7. The van der Waals surface area contributed by atoms with Crippen molar-refractivity contribution >= 4 is 17.6 Å². The van der Waals surface area contributed by atoms with E-state index in [2.05, 4.69) is 32.3 Å². The van der Waals surface area contributed by atoms with E-state index in [1.807, 2.05) is 41.5 Å². The van der Waals surface area contributed by atoms with Gasteiger partial charge in [-0.1, -0.05) is 68.0 Å². The zero-order valence-electron chi connectivity index (χ0n) is 23.9. The summed E-state index contributed by atoms with van der Waals surface area (Å²) >= 11 is 0. The van der Waals surface area contributed by atoms with Gasteiger partial charge in [0.2, 0.25) is 0 Å². The SMILES string of the molecule is C=C(/C=C(C)/C(C)=C/C(=O)/C(C=NCCC)=C\O)c1cc(OC)ccc1O.CC.CC.CC(C)C. The minimum absolute atomic E-state index is 0.0974. The Balaban J connectivity index is -0.00000113. The molecule has 0 aliphatic heterocycles.